The Morgan fingerprint density at radius 2 is 1.79 bits per heavy atom. The molecule has 0 aliphatic carbocycles. The van der Waals surface area contributed by atoms with Crippen LogP contribution in [0.3, 0.4) is 0 Å². The fourth-order valence-corrected chi connectivity index (χ4v) is 0.561. The van der Waals surface area contributed by atoms with Gasteiger partial charge in [-0.25, -0.2) is 4.79 Å². The number of carbonyl (C=O) groups is 3. The molecule has 6 nitrogen and oxygen atoms in total. The molecule has 0 aromatic rings. The van der Waals surface area contributed by atoms with Crippen molar-refractivity contribution in [2.45, 2.75) is 6.42 Å². The maximum absolute atomic E-state index is 10.5. The number of rotatable bonds is 5. The van der Waals surface area contributed by atoms with E-state index in [1.54, 1.807) is 0 Å². The number of carbonyl (C=O) groups excluding carboxylic acids is 2. The van der Waals surface area contributed by atoms with Crippen LogP contribution in [0.4, 0.5) is 0 Å². The molecule has 1 N–H and O–H groups in total. The molecular formula is C8H6O6-2. The van der Waals surface area contributed by atoms with Gasteiger partial charge in [-0.05, 0) is 6.08 Å². The molecule has 0 bridgehead atoms. The number of hydrogen-bond donors (Lipinski definition) is 1. The summed E-state index contributed by atoms with van der Waals surface area (Å²) in [5.74, 6) is -4.40. The second-order valence-electron chi connectivity index (χ2n) is 2.24. The van der Waals surface area contributed by atoms with E-state index < -0.39 is 24.1 Å². The van der Waals surface area contributed by atoms with E-state index in [2.05, 4.69) is 0 Å². The fourth-order valence-electron chi connectivity index (χ4n) is 0.561. The van der Waals surface area contributed by atoms with Gasteiger partial charge in [0.2, 0.25) is 0 Å². The summed E-state index contributed by atoms with van der Waals surface area (Å²) in [6.07, 6.45) is 0.989. The van der Waals surface area contributed by atoms with Crippen LogP contribution in [-0.4, -0.2) is 22.8 Å². The van der Waals surface area contributed by atoms with Gasteiger partial charge in [-0.3, -0.25) is 4.79 Å². The summed E-state index contributed by atoms with van der Waals surface area (Å²) in [7, 11) is 0. The Kier molecular flexibility index (Phi) is 4.69. The third-order valence-electron chi connectivity index (χ3n) is 1.16. The monoisotopic (exact) mass is 198 g/mol. The average Bonchev–Trinajstić information content (AvgIpc) is 2.10. The molecule has 0 amide bonds. The first kappa shape index (κ1) is 11.9. The van der Waals surface area contributed by atoms with E-state index in [-0.39, 0.29) is 11.8 Å². The highest BCUT2D eigenvalue weighted by molar-refractivity contribution is 6.37. The molecule has 6 heteroatoms. The van der Waals surface area contributed by atoms with E-state index in [0.717, 1.165) is 6.08 Å². The molecule has 14 heavy (non-hydrogen) atoms. The molecule has 0 aromatic heterocycles. The van der Waals surface area contributed by atoms with Crippen molar-refractivity contribution in [1.29, 1.82) is 0 Å². The van der Waals surface area contributed by atoms with E-state index in [0.29, 0.717) is 6.08 Å². The Labute approximate surface area is 78.8 Å². The normalized spacial score (nSPS) is 11.6. The molecule has 0 unspecified atom stereocenters. The van der Waals surface area contributed by atoms with Crippen LogP contribution in [0.2, 0.25) is 0 Å². The average molecular weight is 198 g/mol. The SMILES string of the molecule is O=C([O-])CC(/C=C/C(=O)C(=O)O)=C\[O-]. The van der Waals surface area contributed by atoms with Crippen molar-refractivity contribution in [3.05, 3.63) is 24.0 Å². The predicted octanol–water partition coefficient (Wildman–Crippen LogP) is -2.42. The van der Waals surface area contributed by atoms with Crippen LogP contribution in [0.1, 0.15) is 6.42 Å². The summed E-state index contributed by atoms with van der Waals surface area (Å²) < 4.78 is 0. The lowest BCUT2D eigenvalue weighted by molar-refractivity contribution is -0.305. The van der Waals surface area contributed by atoms with E-state index in [4.69, 9.17) is 5.11 Å². The topological polar surface area (TPSA) is 118 Å². The van der Waals surface area contributed by atoms with Crippen molar-refractivity contribution in [2.24, 2.45) is 0 Å². The summed E-state index contributed by atoms with van der Waals surface area (Å²) in [5.41, 5.74) is -0.236. The number of aliphatic carboxylic acids is 2. The van der Waals surface area contributed by atoms with Crippen molar-refractivity contribution in [3.63, 3.8) is 0 Å². The van der Waals surface area contributed by atoms with Crippen LogP contribution in [0.15, 0.2) is 24.0 Å². The minimum atomic E-state index is -1.68. The van der Waals surface area contributed by atoms with Gasteiger partial charge in [0.1, 0.15) is 0 Å². The van der Waals surface area contributed by atoms with Gasteiger partial charge in [0.15, 0.2) is 0 Å². The number of carboxylic acids is 2. The van der Waals surface area contributed by atoms with E-state index in [1.165, 1.54) is 0 Å². The van der Waals surface area contributed by atoms with Crippen molar-refractivity contribution in [3.8, 4) is 0 Å². The molecule has 0 aliphatic rings. The highest BCUT2D eigenvalue weighted by atomic mass is 16.4. The summed E-state index contributed by atoms with van der Waals surface area (Å²) >= 11 is 0. The van der Waals surface area contributed by atoms with Gasteiger partial charge in [-0.15, -0.1) is 6.26 Å². The van der Waals surface area contributed by atoms with Gasteiger partial charge < -0.3 is 20.1 Å². The standard InChI is InChI=1S/C8H8O6/c9-4-5(3-7(11)12)1-2-6(10)8(13)14/h1-2,4,9H,3H2,(H,11,12)(H,13,14)/p-2/b2-1+,5-4-. The third-order valence-corrected chi connectivity index (χ3v) is 1.16. The fraction of sp³-hybridized carbons (Fsp3) is 0.125. The van der Waals surface area contributed by atoms with Crippen molar-refractivity contribution >= 4 is 17.7 Å². The molecule has 0 aromatic carbocycles. The molecule has 76 valence electrons. The van der Waals surface area contributed by atoms with Crippen molar-refractivity contribution < 1.29 is 29.7 Å². The maximum atomic E-state index is 10.5. The minimum Gasteiger partial charge on any atom is -0.878 e. The Morgan fingerprint density at radius 1 is 1.21 bits per heavy atom. The van der Waals surface area contributed by atoms with Crippen molar-refractivity contribution in [2.75, 3.05) is 0 Å². The molecular weight excluding hydrogens is 192 g/mol. The number of ketones is 1. The number of allylic oxidation sites excluding steroid dienone is 1. The summed E-state index contributed by atoms with van der Waals surface area (Å²) in [6.45, 7) is 0. The van der Waals surface area contributed by atoms with Crippen LogP contribution in [0.25, 0.3) is 0 Å². The van der Waals surface area contributed by atoms with Crippen LogP contribution in [0, 0.1) is 0 Å². The first-order chi connectivity index (χ1) is 6.47. The Bertz CT molecular complexity index is 312. The second-order valence-corrected chi connectivity index (χ2v) is 2.24. The van der Waals surface area contributed by atoms with Gasteiger partial charge in [0, 0.05) is 12.4 Å². The molecule has 0 heterocycles. The quantitative estimate of drug-likeness (QED) is 0.227. The minimum absolute atomic E-state index is 0.210. The molecule has 0 rings (SSSR count). The summed E-state index contributed by atoms with van der Waals surface area (Å²) in [4.78, 5) is 30.5. The van der Waals surface area contributed by atoms with Crippen LogP contribution >= 0.6 is 0 Å². The first-order valence-corrected chi connectivity index (χ1v) is 3.43. The molecule has 0 spiro atoms. The second kappa shape index (κ2) is 5.52. The summed E-state index contributed by atoms with van der Waals surface area (Å²) in [5, 5.41) is 28.3. The van der Waals surface area contributed by atoms with E-state index in [1.807, 2.05) is 0 Å². The zero-order chi connectivity index (χ0) is 11.1. The molecule has 0 radical (unpaired) electrons. The Balaban J connectivity index is 4.41. The molecule has 0 saturated carbocycles. The lowest BCUT2D eigenvalue weighted by Gasteiger charge is -2.04. The molecule has 0 atom stereocenters. The van der Waals surface area contributed by atoms with Gasteiger partial charge in [-0.2, -0.15) is 0 Å². The Morgan fingerprint density at radius 3 is 2.14 bits per heavy atom. The number of carboxylic acid groups (broad SMARTS) is 2. The van der Waals surface area contributed by atoms with Gasteiger partial charge in [0.05, 0.1) is 0 Å². The van der Waals surface area contributed by atoms with Gasteiger partial charge in [-0.1, -0.05) is 11.6 Å². The van der Waals surface area contributed by atoms with E-state index in [9.17, 15) is 24.6 Å². The highest BCUT2D eigenvalue weighted by Crippen LogP contribution is 2.00. The smallest absolute Gasteiger partial charge is 0.376 e. The maximum Gasteiger partial charge on any atom is 0.376 e. The lowest BCUT2D eigenvalue weighted by Crippen LogP contribution is -2.22. The highest BCUT2D eigenvalue weighted by Gasteiger charge is 2.05. The van der Waals surface area contributed by atoms with Crippen molar-refractivity contribution in [1.82, 2.24) is 0 Å². The van der Waals surface area contributed by atoms with Crippen LogP contribution in [0.5, 0.6) is 0 Å². The first-order valence-electron chi connectivity index (χ1n) is 3.43. The Hall–Kier alpha value is -2.11. The molecule has 0 fully saturated rings. The van der Waals surface area contributed by atoms with E-state index >= 15 is 0 Å². The lowest BCUT2D eigenvalue weighted by atomic mass is 10.2. The van der Waals surface area contributed by atoms with Gasteiger partial charge in [0.25, 0.3) is 5.78 Å². The molecule has 0 aliphatic heterocycles. The van der Waals surface area contributed by atoms with Crippen LogP contribution in [-0.2, 0) is 14.4 Å². The number of hydrogen-bond acceptors (Lipinski definition) is 5. The third kappa shape index (κ3) is 4.70. The largest absolute Gasteiger partial charge is 0.878 e. The summed E-state index contributed by atoms with van der Waals surface area (Å²) in [6, 6.07) is 0. The van der Waals surface area contributed by atoms with Gasteiger partial charge >= 0.3 is 5.97 Å². The molecule has 0 saturated heterocycles. The predicted molar refractivity (Wildman–Crippen MR) is 39.5 cm³/mol. The zero-order valence-electron chi connectivity index (χ0n) is 6.93. The zero-order valence-corrected chi connectivity index (χ0v) is 6.93. The van der Waals surface area contributed by atoms with Crippen LogP contribution < -0.4 is 10.2 Å².